The van der Waals surface area contributed by atoms with Gasteiger partial charge in [0, 0.05) is 12.3 Å². The summed E-state index contributed by atoms with van der Waals surface area (Å²) in [6.07, 6.45) is -3.04. The van der Waals surface area contributed by atoms with Crippen LogP contribution in [0.4, 0.5) is 18.9 Å². The molecule has 0 saturated carbocycles. The van der Waals surface area contributed by atoms with E-state index < -0.39 is 25.2 Å². The van der Waals surface area contributed by atoms with Crippen LogP contribution in [0.3, 0.4) is 0 Å². The van der Waals surface area contributed by atoms with Gasteiger partial charge in [0.2, 0.25) is 5.91 Å². The Balaban J connectivity index is 2.41. The van der Waals surface area contributed by atoms with E-state index in [4.69, 9.17) is 5.11 Å². The van der Waals surface area contributed by atoms with Gasteiger partial charge in [-0.25, -0.2) is 0 Å². The predicted octanol–water partition coefficient (Wildman–Crippen LogP) is 1.70. The zero-order valence-electron chi connectivity index (χ0n) is 10.8. The Morgan fingerprint density at radius 1 is 1.30 bits per heavy atom. The number of rotatable bonds is 7. The van der Waals surface area contributed by atoms with Gasteiger partial charge in [-0.1, -0.05) is 12.1 Å². The van der Waals surface area contributed by atoms with Crippen molar-refractivity contribution in [3.05, 3.63) is 29.8 Å². The zero-order chi connectivity index (χ0) is 15.0. The van der Waals surface area contributed by atoms with Crippen molar-refractivity contribution in [1.29, 1.82) is 0 Å². The van der Waals surface area contributed by atoms with E-state index in [0.717, 1.165) is 5.56 Å². The lowest BCUT2D eigenvalue weighted by molar-refractivity contribution is -0.126. The summed E-state index contributed by atoms with van der Waals surface area (Å²) < 4.78 is 35.7. The summed E-state index contributed by atoms with van der Waals surface area (Å²) in [6.45, 7) is -1.52. The molecular weight excluding hydrogens is 273 g/mol. The summed E-state index contributed by atoms with van der Waals surface area (Å²) >= 11 is 0. The Morgan fingerprint density at radius 3 is 2.70 bits per heavy atom. The molecule has 0 spiro atoms. The number of hydrogen-bond acceptors (Lipinski definition) is 3. The molecule has 20 heavy (non-hydrogen) atoms. The first kappa shape index (κ1) is 16.5. The number of nitrogens with one attached hydrogen (secondary N) is 2. The van der Waals surface area contributed by atoms with Crippen molar-refractivity contribution < 1.29 is 23.1 Å². The topological polar surface area (TPSA) is 61.4 Å². The minimum Gasteiger partial charge on any atom is -0.396 e. The number of carbonyl (C=O) groups is 1. The van der Waals surface area contributed by atoms with Crippen LogP contribution in [-0.4, -0.2) is 36.9 Å². The molecular formula is C13H17F3N2O2. The van der Waals surface area contributed by atoms with E-state index in [1.54, 1.807) is 18.2 Å². The Morgan fingerprint density at radius 2 is 2.05 bits per heavy atom. The van der Waals surface area contributed by atoms with Crippen LogP contribution in [0.25, 0.3) is 0 Å². The molecule has 112 valence electrons. The second-order valence-corrected chi connectivity index (χ2v) is 4.29. The second-order valence-electron chi connectivity index (χ2n) is 4.29. The van der Waals surface area contributed by atoms with Gasteiger partial charge < -0.3 is 15.7 Å². The zero-order valence-corrected chi connectivity index (χ0v) is 10.8. The Bertz CT molecular complexity index is 436. The fourth-order valence-electron chi connectivity index (χ4n) is 1.61. The van der Waals surface area contributed by atoms with E-state index in [-0.39, 0.29) is 6.61 Å². The number of amides is 1. The van der Waals surface area contributed by atoms with Crippen LogP contribution in [0.1, 0.15) is 12.0 Å². The highest BCUT2D eigenvalue weighted by Gasteiger charge is 2.26. The maximum Gasteiger partial charge on any atom is 0.401 e. The Labute approximate surface area is 115 Å². The molecule has 0 aliphatic carbocycles. The van der Waals surface area contributed by atoms with Crippen LogP contribution in [0.2, 0.25) is 0 Å². The molecule has 0 radical (unpaired) electrons. The third-order valence-electron chi connectivity index (χ3n) is 2.45. The van der Waals surface area contributed by atoms with Gasteiger partial charge in [0.15, 0.2) is 0 Å². The highest BCUT2D eigenvalue weighted by atomic mass is 19.4. The van der Waals surface area contributed by atoms with Crippen molar-refractivity contribution in [2.75, 3.05) is 25.0 Å². The van der Waals surface area contributed by atoms with E-state index >= 15 is 0 Å². The van der Waals surface area contributed by atoms with Gasteiger partial charge in [-0.3, -0.25) is 4.79 Å². The molecule has 0 heterocycles. The highest BCUT2D eigenvalue weighted by Crippen LogP contribution is 2.13. The average molecular weight is 290 g/mol. The minimum atomic E-state index is -4.33. The molecule has 1 rings (SSSR count). The molecule has 0 fully saturated rings. The highest BCUT2D eigenvalue weighted by molar-refractivity contribution is 5.92. The fourth-order valence-corrected chi connectivity index (χ4v) is 1.61. The number of aliphatic hydroxyl groups excluding tert-OH is 1. The molecule has 0 atom stereocenters. The number of benzene rings is 1. The van der Waals surface area contributed by atoms with Gasteiger partial charge in [-0.2, -0.15) is 13.2 Å². The van der Waals surface area contributed by atoms with Crippen molar-refractivity contribution in [1.82, 2.24) is 5.32 Å². The van der Waals surface area contributed by atoms with Gasteiger partial charge in [-0.05, 0) is 30.5 Å². The maximum atomic E-state index is 11.9. The first-order valence-electron chi connectivity index (χ1n) is 6.18. The summed E-state index contributed by atoms with van der Waals surface area (Å²) in [5.41, 5.74) is 1.47. The number of alkyl halides is 3. The molecule has 1 amide bonds. The van der Waals surface area contributed by atoms with Crippen molar-refractivity contribution in [3.63, 3.8) is 0 Å². The van der Waals surface area contributed by atoms with Crippen LogP contribution < -0.4 is 10.6 Å². The first-order chi connectivity index (χ1) is 9.40. The van der Waals surface area contributed by atoms with E-state index in [0.29, 0.717) is 18.5 Å². The molecule has 3 N–H and O–H groups in total. The van der Waals surface area contributed by atoms with E-state index in [9.17, 15) is 18.0 Å². The molecule has 0 aliphatic heterocycles. The van der Waals surface area contributed by atoms with Crippen LogP contribution >= 0.6 is 0 Å². The van der Waals surface area contributed by atoms with Gasteiger partial charge >= 0.3 is 6.18 Å². The number of hydrogen-bond donors (Lipinski definition) is 3. The van der Waals surface area contributed by atoms with Crippen LogP contribution in [-0.2, 0) is 11.2 Å². The quantitative estimate of drug-likeness (QED) is 0.716. The third kappa shape index (κ3) is 7.10. The van der Waals surface area contributed by atoms with Crippen LogP contribution in [0.15, 0.2) is 24.3 Å². The van der Waals surface area contributed by atoms with Gasteiger partial charge in [-0.15, -0.1) is 0 Å². The monoisotopic (exact) mass is 290 g/mol. The summed E-state index contributed by atoms with van der Waals surface area (Å²) in [7, 11) is 0. The molecule has 4 nitrogen and oxygen atoms in total. The number of halogens is 3. The smallest absolute Gasteiger partial charge is 0.396 e. The van der Waals surface area contributed by atoms with Crippen LogP contribution in [0, 0.1) is 0 Å². The second kappa shape index (κ2) is 7.86. The largest absolute Gasteiger partial charge is 0.401 e. The van der Waals surface area contributed by atoms with Gasteiger partial charge in [0.05, 0.1) is 13.1 Å². The lowest BCUT2D eigenvalue weighted by atomic mass is 10.1. The SMILES string of the molecule is O=C(CNCC(F)(F)F)Nc1cccc(CCCO)c1. The summed E-state index contributed by atoms with van der Waals surface area (Å²) in [6, 6.07) is 6.99. The van der Waals surface area contributed by atoms with Gasteiger partial charge in [0.25, 0.3) is 0 Å². The van der Waals surface area contributed by atoms with Crippen LogP contribution in [0.5, 0.6) is 0 Å². The third-order valence-corrected chi connectivity index (χ3v) is 2.45. The molecule has 1 aromatic carbocycles. The molecule has 7 heteroatoms. The summed E-state index contributed by atoms with van der Waals surface area (Å²) in [4.78, 5) is 11.4. The maximum absolute atomic E-state index is 11.9. The fraction of sp³-hybridized carbons (Fsp3) is 0.462. The van der Waals surface area contributed by atoms with Crippen molar-refractivity contribution >= 4 is 11.6 Å². The summed E-state index contributed by atoms with van der Waals surface area (Å²) in [5, 5.41) is 13.3. The van der Waals surface area contributed by atoms with Crippen molar-refractivity contribution in [2.45, 2.75) is 19.0 Å². The Kier molecular flexibility index (Phi) is 6.47. The van der Waals surface area contributed by atoms with E-state index in [1.807, 2.05) is 11.4 Å². The molecule has 0 aliphatic rings. The minimum absolute atomic E-state index is 0.0813. The molecule has 1 aromatic rings. The number of anilines is 1. The number of aryl methyl sites for hydroxylation is 1. The molecule has 0 bridgehead atoms. The first-order valence-corrected chi connectivity index (χ1v) is 6.18. The summed E-state index contributed by atoms with van der Waals surface area (Å²) in [5.74, 6) is -0.534. The average Bonchev–Trinajstić information content (AvgIpc) is 2.35. The Hall–Kier alpha value is -1.60. The van der Waals surface area contributed by atoms with Crippen molar-refractivity contribution in [3.8, 4) is 0 Å². The van der Waals surface area contributed by atoms with E-state index in [1.165, 1.54) is 0 Å². The van der Waals surface area contributed by atoms with E-state index in [2.05, 4.69) is 5.32 Å². The predicted molar refractivity (Wildman–Crippen MR) is 69.4 cm³/mol. The molecule has 0 saturated heterocycles. The van der Waals surface area contributed by atoms with Crippen molar-refractivity contribution in [2.24, 2.45) is 0 Å². The standard InChI is InChI=1S/C13H17F3N2O2/c14-13(15,16)9-17-8-12(20)18-11-5-1-3-10(7-11)4-2-6-19/h1,3,5,7,17,19H,2,4,6,8-9H2,(H,18,20). The molecule has 0 unspecified atom stereocenters. The lowest BCUT2D eigenvalue weighted by Gasteiger charge is -2.09. The number of carbonyl (C=O) groups excluding carboxylic acids is 1. The lowest BCUT2D eigenvalue weighted by Crippen LogP contribution is -2.35. The number of aliphatic hydroxyl groups is 1. The van der Waals surface area contributed by atoms with Gasteiger partial charge in [0.1, 0.15) is 0 Å². The normalized spacial score (nSPS) is 11.4. The molecule has 0 aromatic heterocycles.